The van der Waals surface area contributed by atoms with Gasteiger partial charge in [0.25, 0.3) is 0 Å². The first-order valence-electron chi connectivity index (χ1n) is 7.79. The molecule has 0 saturated carbocycles. The summed E-state index contributed by atoms with van der Waals surface area (Å²) in [6, 6.07) is 10.6. The zero-order chi connectivity index (χ0) is 15.5. The Balaban J connectivity index is 1.37. The number of benzene rings is 1. The van der Waals surface area contributed by atoms with Crippen molar-refractivity contribution >= 4 is 5.69 Å². The van der Waals surface area contributed by atoms with Gasteiger partial charge in [-0.05, 0) is 5.56 Å². The second kappa shape index (κ2) is 6.26. The van der Waals surface area contributed by atoms with Crippen LogP contribution in [0.25, 0.3) is 0 Å². The Bertz CT molecular complexity index is 737. The van der Waals surface area contributed by atoms with E-state index in [2.05, 4.69) is 56.6 Å². The molecule has 118 valence electrons. The van der Waals surface area contributed by atoms with E-state index in [0.717, 1.165) is 37.6 Å². The second-order valence-electron chi connectivity index (χ2n) is 5.87. The van der Waals surface area contributed by atoms with Crippen LogP contribution in [0.3, 0.4) is 0 Å². The van der Waals surface area contributed by atoms with Crippen molar-refractivity contribution in [2.24, 2.45) is 0 Å². The van der Waals surface area contributed by atoms with Crippen molar-refractivity contribution in [3.8, 4) is 0 Å². The van der Waals surface area contributed by atoms with Gasteiger partial charge in [0.05, 0.1) is 31.3 Å². The van der Waals surface area contributed by atoms with E-state index in [-0.39, 0.29) is 0 Å². The Morgan fingerprint density at radius 2 is 1.91 bits per heavy atom. The van der Waals surface area contributed by atoms with Crippen molar-refractivity contribution in [3.63, 3.8) is 0 Å². The highest BCUT2D eigenvalue weighted by Crippen LogP contribution is 2.19. The van der Waals surface area contributed by atoms with Gasteiger partial charge in [0.2, 0.25) is 0 Å². The third-order valence-electron chi connectivity index (χ3n) is 4.12. The molecule has 0 aliphatic carbocycles. The topological polar surface area (TPSA) is 50.3 Å². The van der Waals surface area contributed by atoms with E-state index < -0.39 is 0 Å². The molecule has 23 heavy (non-hydrogen) atoms. The van der Waals surface area contributed by atoms with E-state index in [0.29, 0.717) is 6.54 Å². The largest absolute Gasteiger partial charge is 0.364 e. The molecule has 3 aromatic rings. The third kappa shape index (κ3) is 3.27. The third-order valence-corrected chi connectivity index (χ3v) is 4.12. The molecule has 0 bridgehead atoms. The Morgan fingerprint density at radius 3 is 2.74 bits per heavy atom. The highest BCUT2D eigenvalue weighted by atomic mass is 16.5. The van der Waals surface area contributed by atoms with Crippen molar-refractivity contribution in [1.82, 2.24) is 19.8 Å². The maximum Gasteiger partial charge on any atom is 0.128 e. The SMILES string of the molecule is c1ccc(CN2CCN(c3cnn(Cc4cnoc4)c3)C2)cc1. The summed E-state index contributed by atoms with van der Waals surface area (Å²) >= 11 is 0. The van der Waals surface area contributed by atoms with E-state index in [1.807, 2.05) is 10.9 Å². The quantitative estimate of drug-likeness (QED) is 0.723. The number of hydrogen-bond donors (Lipinski definition) is 0. The fourth-order valence-corrected chi connectivity index (χ4v) is 2.92. The minimum atomic E-state index is 0.686. The minimum Gasteiger partial charge on any atom is -0.364 e. The first-order valence-corrected chi connectivity index (χ1v) is 7.79. The van der Waals surface area contributed by atoms with E-state index in [1.165, 1.54) is 5.56 Å². The molecule has 4 rings (SSSR count). The van der Waals surface area contributed by atoms with Crippen molar-refractivity contribution < 1.29 is 4.52 Å². The molecule has 0 unspecified atom stereocenters. The second-order valence-corrected chi connectivity index (χ2v) is 5.87. The average Bonchev–Trinajstić information content (AvgIpc) is 3.30. The number of aromatic nitrogens is 3. The summed E-state index contributed by atoms with van der Waals surface area (Å²) in [6.45, 7) is 4.72. The van der Waals surface area contributed by atoms with Crippen LogP contribution in [0.1, 0.15) is 11.1 Å². The van der Waals surface area contributed by atoms with Gasteiger partial charge in [-0.2, -0.15) is 5.10 Å². The Labute approximate surface area is 134 Å². The predicted molar refractivity (Wildman–Crippen MR) is 86.9 cm³/mol. The highest BCUT2D eigenvalue weighted by molar-refractivity contribution is 5.43. The van der Waals surface area contributed by atoms with Gasteiger partial charge in [-0.25, -0.2) is 0 Å². The summed E-state index contributed by atoms with van der Waals surface area (Å²) in [6.07, 6.45) is 7.39. The van der Waals surface area contributed by atoms with Crippen molar-refractivity contribution in [3.05, 3.63) is 66.3 Å². The summed E-state index contributed by atoms with van der Waals surface area (Å²) in [5.41, 5.74) is 3.54. The summed E-state index contributed by atoms with van der Waals surface area (Å²) in [5.74, 6) is 0. The number of nitrogens with zero attached hydrogens (tertiary/aromatic N) is 5. The van der Waals surface area contributed by atoms with Crippen LogP contribution >= 0.6 is 0 Å². The lowest BCUT2D eigenvalue weighted by atomic mass is 10.2. The smallest absolute Gasteiger partial charge is 0.128 e. The molecule has 6 heteroatoms. The molecular weight excluding hydrogens is 290 g/mol. The van der Waals surface area contributed by atoms with Gasteiger partial charge in [-0.1, -0.05) is 35.5 Å². The summed E-state index contributed by atoms with van der Waals surface area (Å²) in [5, 5.41) is 8.15. The first-order chi connectivity index (χ1) is 11.4. The molecule has 0 N–H and O–H groups in total. The molecule has 2 aromatic heterocycles. The normalized spacial score (nSPS) is 15.4. The Kier molecular flexibility index (Phi) is 3.81. The van der Waals surface area contributed by atoms with Crippen LogP contribution in [0.15, 0.2) is 59.7 Å². The van der Waals surface area contributed by atoms with Crippen molar-refractivity contribution in [1.29, 1.82) is 0 Å². The van der Waals surface area contributed by atoms with Crippen LogP contribution in [0.2, 0.25) is 0 Å². The van der Waals surface area contributed by atoms with Crippen LogP contribution in [-0.2, 0) is 13.1 Å². The standard InChI is InChI=1S/C17H19N5O/c1-2-4-15(5-3-1)10-20-6-7-21(14-20)17-9-18-22(12-17)11-16-8-19-23-13-16/h1-5,8-9,12-13H,6-7,10-11,14H2. The van der Waals surface area contributed by atoms with E-state index >= 15 is 0 Å². The van der Waals surface area contributed by atoms with Crippen LogP contribution in [0.5, 0.6) is 0 Å². The Hall–Kier alpha value is -2.60. The Morgan fingerprint density at radius 1 is 1.00 bits per heavy atom. The summed E-state index contributed by atoms with van der Waals surface area (Å²) in [4.78, 5) is 4.81. The molecule has 1 aliphatic rings. The molecule has 1 fully saturated rings. The van der Waals surface area contributed by atoms with Crippen LogP contribution in [-0.4, -0.2) is 39.6 Å². The lowest BCUT2D eigenvalue weighted by Gasteiger charge is -2.18. The van der Waals surface area contributed by atoms with Crippen molar-refractivity contribution in [2.45, 2.75) is 13.1 Å². The lowest BCUT2D eigenvalue weighted by Crippen LogP contribution is -2.24. The summed E-state index contributed by atoms with van der Waals surface area (Å²) in [7, 11) is 0. The van der Waals surface area contributed by atoms with Gasteiger partial charge < -0.3 is 9.42 Å². The fourth-order valence-electron chi connectivity index (χ4n) is 2.92. The summed E-state index contributed by atoms with van der Waals surface area (Å²) < 4.78 is 6.77. The van der Waals surface area contributed by atoms with E-state index in [9.17, 15) is 0 Å². The van der Waals surface area contributed by atoms with Gasteiger partial charge in [-0.15, -0.1) is 0 Å². The molecule has 0 spiro atoms. The molecule has 1 aliphatic heterocycles. The molecular formula is C17H19N5O. The zero-order valence-corrected chi connectivity index (χ0v) is 12.9. The fraction of sp³-hybridized carbons (Fsp3) is 0.294. The predicted octanol–water partition coefficient (Wildman–Crippen LogP) is 2.20. The van der Waals surface area contributed by atoms with Gasteiger partial charge in [0.1, 0.15) is 6.26 Å². The van der Waals surface area contributed by atoms with Crippen LogP contribution in [0.4, 0.5) is 5.69 Å². The zero-order valence-electron chi connectivity index (χ0n) is 12.9. The average molecular weight is 309 g/mol. The molecule has 6 nitrogen and oxygen atoms in total. The molecule has 0 atom stereocenters. The lowest BCUT2D eigenvalue weighted by molar-refractivity contribution is 0.334. The number of rotatable bonds is 5. The molecule has 1 aromatic carbocycles. The van der Waals surface area contributed by atoms with Crippen LogP contribution < -0.4 is 4.90 Å². The minimum absolute atomic E-state index is 0.686. The monoisotopic (exact) mass is 309 g/mol. The van der Waals surface area contributed by atoms with E-state index in [4.69, 9.17) is 4.52 Å². The van der Waals surface area contributed by atoms with Gasteiger partial charge in [-0.3, -0.25) is 9.58 Å². The molecule has 0 radical (unpaired) electrons. The number of anilines is 1. The van der Waals surface area contributed by atoms with Gasteiger partial charge in [0.15, 0.2) is 0 Å². The molecule has 3 heterocycles. The maximum absolute atomic E-state index is 4.86. The van der Waals surface area contributed by atoms with Gasteiger partial charge >= 0.3 is 0 Å². The maximum atomic E-state index is 4.86. The van der Waals surface area contributed by atoms with Crippen molar-refractivity contribution in [2.75, 3.05) is 24.7 Å². The first kappa shape index (κ1) is 14.0. The van der Waals surface area contributed by atoms with E-state index in [1.54, 1.807) is 12.5 Å². The highest BCUT2D eigenvalue weighted by Gasteiger charge is 2.21. The molecule has 1 saturated heterocycles. The van der Waals surface area contributed by atoms with Gasteiger partial charge in [0, 0.05) is 31.4 Å². The van der Waals surface area contributed by atoms with Crippen LogP contribution in [0, 0.1) is 0 Å². The molecule has 0 amide bonds. The number of hydrogen-bond acceptors (Lipinski definition) is 5.